The van der Waals surface area contributed by atoms with Crippen molar-refractivity contribution in [2.24, 2.45) is 0 Å². The highest BCUT2D eigenvalue weighted by Crippen LogP contribution is 2.31. The van der Waals surface area contributed by atoms with Gasteiger partial charge in [-0.05, 0) is 53.8 Å². The number of thioether (sulfide) groups is 1. The van der Waals surface area contributed by atoms with Crippen LogP contribution < -0.4 is 5.56 Å². The Morgan fingerprint density at radius 1 is 1.00 bits per heavy atom. The maximum atomic E-state index is 13.4. The summed E-state index contributed by atoms with van der Waals surface area (Å²) in [6.07, 6.45) is -3.39. The van der Waals surface area contributed by atoms with Crippen molar-refractivity contribution in [3.8, 4) is 5.69 Å². The molecule has 170 valence electrons. The van der Waals surface area contributed by atoms with Crippen molar-refractivity contribution in [3.63, 3.8) is 0 Å². The molecule has 0 saturated carbocycles. The average molecular weight is 469 g/mol. The number of halogens is 3. The number of aromatic nitrogens is 2. The third-order valence-corrected chi connectivity index (χ3v) is 6.71. The van der Waals surface area contributed by atoms with Crippen LogP contribution in [-0.2, 0) is 11.9 Å². The second-order valence-electron chi connectivity index (χ2n) is 7.94. The van der Waals surface area contributed by atoms with Gasteiger partial charge in [0.25, 0.3) is 5.56 Å². The van der Waals surface area contributed by atoms with E-state index in [2.05, 4.69) is 18.8 Å². The first-order chi connectivity index (χ1) is 15.8. The number of nitrogens with zero attached hydrogens (tertiary/aromatic N) is 2. The normalized spacial score (nSPS) is 12.8. The van der Waals surface area contributed by atoms with E-state index in [1.165, 1.54) is 23.4 Å². The zero-order valence-corrected chi connectivity index (χ0v) is 19.1. The second-order valence-corrected chi connectivity index (χ2v) is 8.88. The topological polar surface area (TPSA) is 34.9 Å². The second kappa shape index (κ2) is 9.43. The van der Waals surface area contributed by atoms with E-state index >= 15 is 0 Å². The van der Waals surface area contributed by atoms with Crippen molar-refractivity contribution in [3.05, 3.63) is 99.8 Å². The minimum absolute atomic E-state index is 0.205. The van der Waals surface area contributed by atoms with Crippen LogP contribution in [0, 0.1) is 0 Å². The zero-order valence-electron chi connectivity index (χ0n) is 18.3. The molecule has 0 aliphatic carbocycles. The Kier molecular flexibility index (Phi) is 6.61. The van der Waals surface area contributed by atoms with Gasteiger partial charge in [-0.3, -0.25) is 9.36 Å². The summed E-state index contributed by atoms with van der Waals surface area (Å²) >= 11 is 1.24. The Hall–Kier alpha value is -3.06. The van der Waals surface area contributed by atoms with Crippen LogP contribution in [0.2, 0.25) is 0 Å². The van der Waals surface area contributed by atoms with E-state index in [0.717, 1.165) is 18.6 Å². The Morgan fingerprint density at radius 2 is 1.73 bits per heavy atom. The summed E-state index contributed by atoms with van der Waals surface area (Å²) in [6.45, 7) is 4.27. The lowest BCUT2D eigenvalue weighted by molar-refractivity contribution is -0.137. The standard InChI is InChI=1S/C26H23F3N2OS/c1-3-17(2)19-11-13-21(14-12-19)31-24(32)22-9-4-5-10-23(22)30-25(31)33-16-18-7-6-8-20(15-18)26(27,28)29/h4-15,17H,3,16H2,1-2H3. The molecule has 0 amide bonds. The Bertz CT molecular complexity index is 1330. The first-order valence-electron chi connectivity index (χ1n) is 10.7. The van der Waals surface area contributed by atoms with Crippen LogP contribution in [0.5, 0.6) is 0 Å². The molecular formula is C26H23F3N2OS. The summed E-state index contributed by atoms with van der Waals surface area (Å²) in [6, 6.07) is 20.1. The molecule has 1 heterocycles. The maximum Gasteiger partial charge on any atom is 0.416 e. The van der Waals surface area contributed by atoms with Crippen LogP contribution in [0.1, 0.15) is 42.9 Å². The molecule has 1 unspecified atom stereocenters. The molecule has 0 N–H and O–H groups in total. The van der Waals surface area contributed by atoms with Gasteiger partial charge in [0.15, 0.2) is 5.16 Å². The third-order valence-electron chi connectivity index (χ3n) is 5.70. The molecule has 1 atom stereocenters. The highest BCUT2D eigenvalue weighted by atomic mass is 32.2. The molecule has 0 aliphatic rings. The summed E-state index contributed by atoms with van der Waals surface area (Å²) in [7, 11) is 0. The fraction of sp³-hybridized carbons (Fsp3) is 0.231. The van der Waals surface area contributed by atoms with Crippen molar-refractivity contribution >= 4 is 22.7 Å². The van der Waals surface area contributed by atoms with Crippen LogP contribution >= 0.6 is 11.8 Å². The predicted molar refractivity (Wildman–Crippen MR) is 127 cm³/mol. The van der Waals surface area contributed by atoms with Gasteiger partial charge in [0, 0.05) is 5.75 Å². The van der Waals surface area contributed by atoms with Gasteiger partial charge in [0.05, 0.1) is 22.2 Å². The monoisotopic (exact) mass is 468 g/mol. The minimum atomic E-state index is -4.40. The van der Waals surface area contributed by atoms with Gasteiger partial charge in [0.1, 0.15) is 0 Å². The molecule has 0 fully saturated rings. The first-order valence-corrected chi connectivity index (χ1v) is 11.7. The van der Waals surface area contributed by atoms with Gasteiger partial charge in [-0.25, -0.2) is 4.98 Å². The number of rotatable bonds is 6. The number of para-hydroxylation sites is 1. The van der Waals surface area contributed by atoms with E-state index in [1.807, 2.05) is 24.3 Å². The molecule has 3 aromatic carbocycles. The number of hydrogen-bond donors (Lipinski definition) is 0. The summed E-state index contributed by atoms with van der Waals surface area (Å²) in [5, 5.41) is 0.930. The van der Waals surface area contributed by atoms with Crippen LogP contribution in [0.4, 0.5) is 13.2 Å². The van der Waals surface area contributed by atoms with Crippen LogP contribution in [0.3, 0.4) is 0 Å². The first kappa shape index (κ1) is 23.1. The van der Waals surface area contributed by atoms with Gasteiger partial charge < -0.3 is 0 Å². The molecule has 0 radical (unpaired) electrons. The summed E-state index contributed by atoms with van der Waals surface area (Å²) in [5.41, 5.74) is 2.03. The van der Waals surface area contributed by atoms with E-state index in [1.54, 1.807) is 34.9 Å². The Balaban J connectivity index is 1.75. The molecule has 33 heavy (non-hydrogen) atoms. The van der Waals surface area contributed by atoms with Crippen molar-refractivity contribution in [1.82, 2.24) is 9.55 Å². The van der Waals surface area contributed by atoms with Gasteiger partial charge >= 0.3 is 6.18 Å². The van der Waals surface area contributed by atoms with E-state index in [4.69, 9.17) is 0 Å². The molecule has 0 spiro atoms. The molecule has 4 aromatic rings. The number of alkyl halides is 3. The highest BCUT2D eigenvalue weighted by molar-refractivity contribution is 7.98. The molecule has 0 bridgehead atoms. The van der Waals surface area contributed by atoms with Gasteiger partial charge in [0.2, 0.25) is 0 Å². The van der Waals surface area contributed by atoms with Crippen molar-refractivity contribution in [1.29, 1.82) is 0 Å². The molecular weight excluding hydrogens is 445 g/mol. The highest BCUT2D eigenvalue weighted by Gasteiger charge is 2.30. The lowest BCUT2D eigenvalue weighted by Gasteiger charge is -2.15. The smallest absolute Gasteiger partial charge is 0.268 e. The summed E-state index contributed by atoms with van der Waals surface area (Å²) in [4.78, 5) is 18.1. The van der Waals surface area contributed by atoms with Crippen LogP contribution in [0.25, 0.3) is 16.6 Å². The largest absolute Gasteiger partial charge is 0.416 e. The number of benzene rings is 3. The lowest BCUT2D eigenvalue weighted by Crippen LogP contribution is -2.21. The summed E-state index contributed by atoms with van der Waals surface area (Å²) < 4.78 is 40.8. The molecule has 4 rings (SSSR count). The lowest BCUT2D eigenvalue weighted by atomic mass is 9.98. The van der Waals surface area contributed by atoms with E-state index in [-0.39, 0.29) is 11.3 Å². The predicted octanol–water partition coefficient (Wildman–Crippen LogP) is 7.21. The molecule has 0 aliphatic heterocycles. The maximum absolute atomic E-state index is 13.4. The SMILES string of the molecule is CCC(C)c1ccc(-n2c(SCc3cccc(C(F)(F)F)c3)nc3ccccc3c2=O)cc1. The van der Waals surface area contributed by atoms with Crippen molar-refractivity contribution in [2.75, 3.05) is 0 Å². The third kappa shape index (κ3) is 4.98. The zero-order chi connectivity index (χ0) is 23.6. The van der Waals surface area contributed by atoms with E-state index in [0.29, 0.717) is 33.2 Å². The average Bonchev–Trinajstić information content (AvgIpc) is 2.82. The molecule has 0 saturated heterocycles. The minimum Gasteiger partial charge on any atom is -0.268 e. The van der Waals surface area contributed by atoms with Crippen LogP contribution in [0.15, 0.2) is 82.7 Å². The summed E-state index contributed by atoms with van der Waals surface area (Å²) in [5.74, 6) is 0.653. The number of hydrogen-bond acceptors (Lipinski definition) is 3. The van der Waals surface area contributed by atoms with E-state index in [9.17, 15) is 18.0 Å². The molecule has 3 nitrogen and oxygen atoms in total. The van der Waals surface area contributed by atoms with E-state index < -0.39 is 11.7 Å². The Morgan fingerprint density at radius 3 is 2.42 bits per heavy atom. The van der Waals surface area contributed by atoms with Gasteiger partial charge in [-0.2, -0.15) is 13.2 Å². The molecule has 7 heteroatoms. The Labute approximate surface area is 194 Å². The van der Waals surface area contributed by atoms with Crippen LogP contribution in [-0.4, -0.2) is 9.55 Å². The van der Waals surface area contributed by atoms with Gasteiger partial charge in [-0.15, -0.1) is 0 Å². The fourth-order valence-corrected chi connectivity index (χ4v) is 4.57. The van der Waals surface area contributed by atoms with Gasteiger partial charge in [-0.1, -0.05) is 68.1 Å². The molecule has 1 aromatic heterocycles. The van der Waals surface area contributed by atoms with Crippen molar-refractivity contribution < 1.29 is 13.2 Å². The fourth-order valence-electron chi connectivity index (χ4n) is 3.61. The van der Waals surface area contributed by atoms with Crippen molar-refractivity contribution in [2.45, 2.75) is 43.3 Å². The quantitative estimate of drug-likeness (QED) is 0.222. The number of fused-ring (bicyclic) bond motifs is 1.